The van der Waals surface area contributed by atoms with E-state index in [2.05, 4.69) is 15.1 Å². The van der Waals surface area contributed by atoms with Crippen molar-refractivity contribution in [2.24, 2.45) is 0 Å². The lowest BCUT2D eigenvalue weighted by Gasteiger charge is -2.36. The quantitative estimate of drug-likeness (QED) is 0.800. The molecule has 0 spiro atoms. The highest BCUT2D eigenvalue weighted by Crippen LogP contribution is 2.18. The number of amides is 1. The van der Waals surface area contributed by atoms with Crippen molar-refractivity contribution in [2.75, 3.05) is 37.6 Å². The van der Waals surface area contributed by atoms with E-state index >= 15 is 0 Å². The molecule has 0 aliphatic carbocycles. The summed E-state index contributed by atoms with van der Waals surface area (Å²) in [4.78, 5) is 28.2. The van der Waals surface area contributed by atoms with Gasteiger partial charge < -0.3 is 10.2 Å². The van der Waals surface area contributed by atoms with Gasteiger partial charge in [-0.25, -0.2) is 0 Å². The van der Waals surface area contributed by atoms with Crippen molar-refractivity contribution >= 4 is 17.4 Å². The molecule has 1 N–H and O–H groups in total. The highest BCUT2D eigenvalue weighted by atomic mass is 16.2. The van der Waals surface area contributed by atoms with E-state index in [1.54, 1.807) is 6.92 Å². The number of rotatable bonds is 6. The molecular formula is C22H27N3O2. The number of ketones is 1. The van der Waals surface area contributed by atoms with Crippen LogP contribution in [0.2, 0.25) is 0 Å². The van der Waals surface area contributed by atoms with E-state index < -0.39 is 0 Å². The van der Waals surface area contributed by atoms with Crippen LogP contribution in [0.5, 0.6) is 0 Å². The first kappa shape index (κ1) is 19.1. The normalized spacial score (nSPS) is 16.0. The van der Waals surface area contributed by atoms with Crippen LogP contribution in [0.1, 0.15) is 35.8 Å². The third kappa shape index (κ3) is 5.17. The summed E-state index contributed by atoms with van der Waals surface area (Å²) in [6, 6.07) is 17.8. The van der Waals surface area contributed by atoms with E-state index in [0.29, 0.717) is 6.54 Å². The van der Waals surface area contributed by atoms with Gasteiger partial charge in [0.25, 0.3) is 0 Å². The average Bonchev–Trinajstić information content (AvgIpc) is 2.69. The van der Waals surface area contributed by atoms with Crippen molar-refractivity contribution in [2.45, 2.75) is 19.9 Å². The Morgan fingerprint density at radius 1 is 0.963 bits per heavy atom. The number of benzene rings is 2. The van der Waals surface area contributed by atoms with E-state index in [1.165, 1.54) is 0 Å². The summed E-state index contributed by atoms with van der Waals surface area (Å²) in [5.41, 5.74) is 2.98. The summed E-state index contributed by atoms with van der Waals surface area (Å²) >= 11 is 0. The molecule has 0 aromatic heterocycles. The Kier molecular flexibility index (Phi) is 6.24. The van der Waals surface area contributed by atoms with Gasteiger partial charge in [0.2, 0.25) is 5.91 Å². The Hall–Kier alpha value is -2.66. The van der Waals surface area contributed by atoms with E-state index in [4.69, 9.17) is 0 Å². The van der Waals surface area contributed by atoms with E-state index in [1.807, 2.05) is 61.5 Å². The van der Waals surface area contributed by atoms with Crippen molar-refractivity contribution < 1.29 is 9.59 Å². The van der Waals surface area contributed by atoms with Gasteiger partial charge >= 0.3 is 0 Å². The van der Waals surface area contributed by atoms with Gasteiger partial charge in [0.1, 0.15) is 0 Å². The monoisotopic (exact) mass is 365 g/mol. The van der Waals surface area contributed by atoms with E-state index in [-0.39, 0.29) is 17.7 Å². The first-order chi connectivity index (χ1) is 13.0. The lowest BCUT2D eigenvalue weighted by molar-refractivity contribution is -0.123. The molecule has 5 nitrogen and oxygen atoms in total. The first-order valence-corrected chi connectivity index (χ1v) is 9.45. The number of Topliss-reactive ketones (excluding diaryl/α,β-unsaturated/α-hetero) is 1. The number of nitrogens with zero attached hydrogens (tertiary/aromatic N) is 2. The maximum absolute atomic E-state index is 12.3. The van der Waals surface area contributed by atoms with Crippen LogP contribution in [0.3, 0.4) is 0 Å². The van der Waals surface area contributed by atoms with Gasteiger partial charge in [0, 0.05) is 37.4 Å². The number of nitrogens with one attached hydrogen (secondary N) is 1. The summed E-state index contributed by atoms with van der Waals surface area (Å²) in [7, 11) is 0. The maximum atomic E-state index is 12.3. The molecule has 1 aliphatic heterocycles. The number of hydrogen-bond donors (Lipinski definition) is 1. The Labute approximate surface area is 161 Å². The van der Waals surface area contributed by atoms with Gasteiger partial charge in [-0.1, -0.05) is 30.3 Å². The number of piperazine rings is 1. The second kappa shape index (κ2) is 8.82. The minimum atomic E-state index is 0.0137. The standard InChI is InChI=1S/C22H27N3O2/c1-17(19-6-4-3-5-7-19)23-22(27)16-24-12-14-25(15-13-24)21-10-8-20(9-11-21)18(2)26/h3-11,17H,12-16H2,1-2H3,(H,23,27)/t17-/m1/s1. The molecule has 0 unspecified atom stereocenters. The summed E-state index contributed by atoms with van der Waals surface area (Å²) in [6.45, 7) is 7.46. The van der Waals surface area contributed by atoms with Gasteiger partial charge in [0.05, 0.1) is 12.6 Å². The molecule has 142 valence electrons. The number of carbonyl (C=O) groups excluding carboxylic acids is 2. The smallest absolute Gasteiger partial charge is 0.234 e. The predicted molar refractivity (Wildman–Crippen MR) is 108 cm³/mol. The molecule has 0 radical (unpaired) electrons. The summed E-state index contributed by atoms with van der Waals surface area (Å²) in [6.07, 6.45) is 0. The fraction of sp³-hybridized carbons (Fsp3) is 0.364. The van der Waals surface area contributed by atoms with Crippen LogP contribution in [0.25, 0.3) is 0 Å². The van der Waals surface area contributed by atoms with Gasteiger partial charge in [-0.2, -0.15) is 0 Å². The van der Waals surface area contributed by atoms with Crippen molar-refractivity contribution in [3.05, 3.63) is 65.7 Å². The average molecular weight is 365 g/mol. The first-order valence-electron chi connectivity index (χ1n) is 9.45. The molecule has 2 aromatic rings. The molecule has 1 atom stereocenters. The van der Waals surface area contributed by atoms with Crippen molar-refractivity contribution in [1.29, 1.82) is 0 Å². The number of hydrogen-bond acceptors (Lipinski definition) is 4. The van der Waals surface area contributed by atoms with Crippen molar-refractivity contribution in [1.82, 2.24) is 10.2 Å². The lowest BCUT2D eigenvalue weighted by Crippen LogP contribution is -2.49. The van der Waals surface area contributed by atoms with Crippen LogP contribution in [0.15, 0.2) is 54.6 Å². The molecular weight excluding hydrogens is 338 g/mol. The fourth-order valence-corrected chi connectivity index (χ4v) is 3.39. The largest absolute Gasteiger partial charge is 0.369 e. The second-order valence-corrected chi connectivity index (χ2v) is 7.07. The Morgan fingerprint density at radius 3 is 2.19 bits per heavy atom. The molecule has 1 amide bonds. The number of carbonyl (C=O) groups is 2. The third-order valence-electron chi connectivity index (χ3n) is 5.06. The highest BCUT2D eigenvalue weighted by molar-refractivity contribution is 5.94. The summed E-state index contributed by atoms with van der Waals surface area (Å²) < 4.78 is 0. The fourth-order valence-electron chi connectivity index (χ4n) is 3.39. The number of anilines is 1. The Bertz CT molecular complexity index is 766. The minimum Gasteiger partial charge on any atom is -0.369 e. The van der Waals surface area contributed by atoms with Crippen LogP contribution < -0.4 is 10.2 Å². The predicted octanol–water partition coefficient (Wildman–Crippen LogP) is 2.89. The Morgan fingerprint density at radius 2 is 1.59 bits per heavy atom. The molecule has 2 aromatic carbocycles. The lowest BCUT2D eigenvalue weighted by atomic mass is 10.1. The highest BCUT2D eigenvalue weighted by Gasteiger charge is 2.20. The molecule has 1 heterocycles. The second-order valence-electron chi connectivity index (χ2n) is 7.07. The van der Waals surface area contributed by atoms with Crippen LogP contribution in [0, 0.1) is 0 Å². The topological polar surface area (TPSA) is 52.7 Å². The van der Waals surface area contributed by atoms with E-state index in [9.17, 15) is 9.59 Å². The van der Waals surface area contributed by atoms with Crippen molar-refractivity contribution in [3.63, 3.8) is 0 Å². The minimum absolute atomic E-state index is 0.0137. The summed E-state index contributed by atoms with van der Waals surface area (Å²) in [5.74, 6) is 0.146. The molecule has 3 rings (SSSR count). The van der Waals surface area contributed by atoms with Gasteiger partial charge in [-0.3, -0.25) is 14.5 Å². The molecule has 1 saturated heterocycles. The molecule has 0 saturated carbocycles. The van der Waals surface area contributed by atoms with Gasteiger partial charge in [0.15, 0.2) is 5.78 Å². The van der Waals surface area contributed by atoms with E-state index in [0.717, 1.165) is 43.0 Å². The van der Waals surface area contributed by atoms with Crippen LogP contribution in [-0.2, 0) is 4.79 Å². The van der Waals surface area contributed by atoms with Crippen molar-refractivity contribution in [3.8, 4) is 0 Å². The van der Waals surface area contributed by atoms with Crippen LogP contribution >= 0.6 is 0 Å². The maximum Gasteiger partial charge on any atom is 0.234 e. The third-order valence-corrected chi connectivity index (χ3v) is 5.06. The zero-order chi connectivity index (χ0) is 19.2. The Balaban J connectivity index is 1.46. The zero-order valence-corrected chi connectivity index (χ0v) is 16.0. The molecule has 5 heteroatoms. The summed E-state index contributed by atoms with van der Waals surface area (Å²) in [5, 5.41) is 3.08. The SMILES string of the molecule is CC(=O)c1ccc(N2CCN(CC(=O)N[C@H](C)c3ccccc3)CC2)cc1. The molecule has 0 bridgehead atoms. The van der Waals surface area contributed by atoms with Gasteiger partial charge in [-0.15, -0.1) is 0 Å². The molecule has 27 heavy (non-hydrogen) atoms. The molecule has 1 aliphatic rings. The zero-order valence-electron chi connectivity index (χ0n) is 16.0. The van der Waals surface area contributed by atoms with Crippen LogP contribution in [0.4, 0.5) is 5.69 Å². The van der Waals surface area contributed by atoms with Gasteiger partial charge in [-0.05, 0) is 43.7 Å². The van der Waals surface area contributed by atoms with Crippen LogP contribution in [-0.4, -0.2) is 49.3 Å². The molecule has 1 fully saturated rings.